The van der Waals surface area contributed by atoms with E-state index >= 15 is 0 Å². The van der Waals surface area contributed by atoms with Gasteiger partial charge in [0.25, 0.3) is 0 Å². The number of hydrogen-bond acceptors (Lipinski definition) is 3. The third kappa shape index (κ3) is 2.26. The molecule has 0 radical (unpaired) electrons. The van der Waals surface area contributed by atoms with Crippen LogP contribution in [0.15, 0.2) is 28.7 Å². The summed E-state index contributed by atoms with van der Waals surface area (Å²) in [6.45, 7) is 4.84. The third-order valence-corrected chi connectivity index (χ3v) is 4.07. The summed E-state index contributed by atoms with van der Waals surface area (Å²) in [6.07, 6.45) is 1.31. The van der Waals surface area contributed by atoms with Crippen LogP contribution in [0.2, 0.25) is 0 Å². The molecule has 3 nitrogen and oxygen atoms in total. The van der Waals surface area contributed by atoms with Crippen LogP contribution in [-0.4, -0.2) is 29.6 Å². The van der Waals surface area contributed by atoms with Crippen molar-refractivity contribution in [1.82, 2.24) is 4.90 Å². The Kier molecular flexibility index (Phi) is 3.07. The predicted octanol–water partition coefficient (Wildman–Crippen LogP) is 2.88. The summed E-state index contributed by atoms with van der Waals surface area (Å²) < 4.78 is 18.9. The molecule has 19 heavy (non-hydrogen) atoms. The highest BCUT2D eigenvalue weighted by Crippen LogP contribution is 2.36. The monoisotopic (exact) mass is 263 g/mol. The molecule has 4 heteroatoms. The Bertz CT molecular complexity index is 585. The Balaban J connectivity index is 1.91. The van der Waals surface area contributed by atoms with E-state index < -0.39 is 5.60 Å². The molecule has 2 aromatic rings. The second-order valence-corrected chi connectivity index (χ2v) is 5.26. The van der Waals surface area contributed by atoms with Crippen molar-refractivity contribution in [2.24, 2.45) is 0 Å². The number of hydrogen-bond donors (Lipinski definition) is 1. The van der Waals surface area contributed by atoms with E-state index in [1.807, 2.05) is 0 Å². The molecule has 0 amide bonds. The first-order valence-electron chi connectivity index (χ1n) is 6.75. The molecule has 0 spiro atoms. The first kappa shape index (κ1) is 12.6. The quantitative estimate of drug-likeness (QED) is 0.905. The molecule has 1 aromatic carbocycles. The van der Waals surface area contributed by atoms with Crippen LogP contribution in [0.5, 0.6) is 0 Å². The fraction of sp³-hybridized carbons (Fsp3) is 0.467. The van der Waals surface area contributed by atoms with Crippen LogP contribution < -0.4 is 0 Å². The highest BCUT2D eigenvalue weighted by molar-refractivity contribution is 5.78. The Morgan fingerprint density at radius 1 is 1.32 bits per heavy atom. The van der Waals surface area contributed by atoms with Crippen molar-refractivity contribution >= 4 is 11.0 Å². The number of rotatable bonds is 2. The molecule has 3 rings (SSSR count). The molecule has 0 saturated carbocycles. The summed E-state index contributed by atoms with van der Waals surface area (Å²) in [5.41, 5.74) is -0.288. The Morgan fingerprint density at radius 3 is 2.74 bits per heavy atom. The number of fused-ring (bicyclic) bond motifs is 1. The number of aliphatic hydroxyl groups is 1. The van der Waals surface area contributed by atoms with Crippen molar-refractivity contribution in [2.75, 3.05) is 19.6 Å². The molecule has 0 unspecified atom stereocenters. The standard InChI is InChI=1S/C15H18FNO2/c1-2-17-7-5-15(18,6-8-17)14-10-11-9-12(16)3-4-13(11)19-14/h3-4,9-10,18H,2,5-8H2,1H3. The number of piperidine rings is 1. The van der Waals surface area contributed by atoms with E-state index in [0.717, 1.165) is 19.6 Å². The lowest BCUT2D eigenvalue weighted by Gasteiger charge is -2.36. The maximum atomic E-state index is 13.2. The van der Waals surface area contributed by atoms with Gasteiger partial charge in [0.05, 0.1) is 0 Å². The lowest BCUT2D eigenvalue weighted by Crippen LogP contribution is -2.42. The molecule has 1 saturated heterocycles. The normalized spacial score (nSPS) is 19.9. The minimum atomic E-state index is -0.916. The van der Waals surface area contributed by atoms with Crippen LogP contribution >= 0.6 is 0 Å². The second kappa shape index (κ2) is 4.62. The Labute approximate surface area is 111 Å². The average Bonchev–Trinajstić information content (AvgIpc) is 2.83. The molecule has 1 aliphatic heterocycles. The molecule has 1 aliphatic rings. The number of furan rings is 1. The van der Waals surface area contributed by atoms with Gasteiger partial charge in [0.1, 0.15) is 22.8 Å². The number of benzene rings is 1. The zero-order valence-electron chi connectivity index (χ0n) is 11.0. The average molecular weight is 263 g/mol. The topological polar surface area (TPSA) is 36.6 Å². The minimum absolute atomic E-state index is 0.285. The molecular weight excluding hydrogens is 245 g/mol. The van der Waals surface area contributed by atoms with Crippen molar-refractivity contribution in [3.05, 3.63) is 35.8 Å². The Morgan fingerprint density at radius 2 is 2.05 bits per heavy atom. The predicted molar refractivity (Wildman–Crippen MR) is 71.4 cm³/mol. The molecular formula is C15H18FNO2. The smallest absolute Gasteiger partial charge is 0.136 e. The van der Waals surface area contributed by atoms with Gasteiger partial charge in [0.15, 0.2) is 0 Å². The molecule has 2 heterocycles. The van der Waals surface area contributed by atoms with Crippen molar-refractivity contribution in [3.8, 4) is 0 Å². The summed E-state index contributed by atoms with van der Waals surface area (Å²) in [5.74, 6) is 0.275. The van der Waals surface area contributed by atoms with Gasteiger partial charge < -0.3 is 14.4 Å². The highest BCUT2D eigenvalue weighted by atomic mass is 19.1. The van der Waals surface area contributed by atoms with E-state index in [1.165, 1.54) is 12.1 Å². The van der Waals surface area contributed by atoms with E-state index in [9.17, 15) is 9.50 Å². The first-order valence-corrected chi connectivity index (χ1v) is 6.75. The van der Waals surface area contributed by atoms with Crippen LogP contribution in [0.4, 0.5) is 4.39 Å². The molecule has 0 aliphatic carbocycles. The van der Waals surface area contributed by atoms with Gasteiger partial charge in [-0.3, -0.25) is 0 Å². The van der Waals surface area contributed by atoms with Crippen molar-refractivity contribution < 1.29 is 13.9 Å². The molecule has 102 valence electrons. The van der Waals surface area contributed by atoms with E-state index in [4.69, 9.17) is 4.42 Å². The SMILES string of the molecule is CCN1CCC(O)(c2cc3cc(F)ccc3o2)CC1. The van der Waals surface area contributed by atoms with Gasteiger partial charge in [0.2, 0.25) is 0 Å². The summed E-state index contributed by atoms with van der Waals surface area (Å²) >= 11 is 0. The van der Waals surface area contributed by atoms with Crippen molar-refractivity contribution in [2.45, 2.75) is 25.4 Å². The third-order valence-electron chi connectivity index (χ3n) is 4.07. The zero-order chi connectivity index (χ0) is 13.5. The summed E-state index contributed by atoms with van der Waals surface area (Å²) in [5, 5.41) is 11.4. The molecule has 0 bridgehead atoms. The van der Waals surface area contributed by atoms with Crippen LogP contribution in [0.1, 0.15) is 25.5 Å². The van der Waals surface area contributed by atoms with Gasteiger partial charge in [-0.2, -0.15) is 0 Å². The first-order chi connectivity index (χ1) is 9.10. The molecule has 1 N–H and O–H groups in total. The van der Waals surface area contributed by atoms with Gasteiger partial charge in [0, 0.05) is 18.5 Å². The van der Waals surface area contributed by atoms with Crippen LogP contribution in [0.25, 0.3) is 11.0 Å². The van der Waals surface area contributed by atoms with Crippen molar-refractivity contribution in [1.29, 1.82) is 0 Å². The second-order valence-electron chi connectivity index (χ2n) is 5.26. The summed E-state index contributed by atoms with van der Waals surface area (Å²) in [4.78, 5) is 2.30. The fourth-order valence-electron chi connectivity index (χ4n) is 2.73. The zero-order valence-corrected chi connectivity index (χ0v) is 11.0. The largest absolute Gasteiger partial charge is 0.458 e. The van der Waals surface area contributed by atoms with Crippen LogP contribution in [0, 0.1) is 5.82 Å². The van der Waals surface area contributed by atoms with E-state index in [2.05, 4.69) is 11.8 Å². The van der Waals surface area contributed by atoms with Gasteiger partial charge in [-0.15, -0.1) is 0 Å². The van der Waals surface area contributed by atoms with E-state index in [1.54, 1.807) is 12.1 Å². The summed E-state index contributed by atoms with van der Waals surface area (Å²) in [6, 6.07) is 6.19. The summed E-state index contributed by atoms with van der Waals surface area (Å²) in [7, 11) is 0. The van der Waals surface area contributed by atoms with Crippen molar-refractivity contribution in [3.63, 3.8) is 0 Å². The minimum Gasteiger partial charge on any atom is -0.458 e. The molecule has 1 fully saturated rings. The fourth-order valence-corrected chi connectivity index (χ4v) is 2.73. The van der Waals surface area contributed by atoms with E-state index in [0.29, 0.717) is 29.6 Å². The van der Waals surface area contributed by atoms with Gasteiger partial charge >= 0.3 is 0 Å². The molecule has 1 aromatic heterocycles. The van der Waals surface area contributed by atoms with Gasteiger partial charge in [-0.1, -0.05) is 6.92 Å². The highest BCUT2D eigenvalue weighted by Gasteiger charge is 2.36. The lowest BCUT2D eigenvalue weighted by molar-refractivity contribution is -0.0399. The lowest BCUT2D eigenvalue weighted by atomic mass is 9.89. The number of halogens is 1. The van der Waals surface area contributed by atoms with E-state index in [-0.39, 0.29) is 5.82 Å². The van der Waals surface area contributed by atoms with Crippen LogP contribution in [0.3, 0.4) is 0 Å². The molecule has 0 atom stereocenters. The number of likely N-dealkylation sites (tertiary alicyclic amines) is 1. The maximum absolute atomic E-state index is 13.2. The van der Waals surface area contributed by atoms with Crippen LogP contribution in [-0.2, 0) is 5.60 Å². The van der Waals surface area contributed by atoms with Gasteiger partial charge in [-0.25, -0.2) is 4.39 Å². The maximum Gasteiger partial charge on any atom is 0.136 e. The Hall–Kier alpha value is -1.39. The van der Waals surface area contributed by atoms with Gasteiger partial charge in [-0.05, 0) is 43.7 Å². The number of nitrogens with zero attached hydrogens (tertiary/aromatic N) is 1.